The minimum atomic E-state index is -0.402. The van der Waals surface area contributed by atoms with Crippen LogP contribution < -0.4 is 10.7 Å². The van der Waals surface area contributed by atoms with Crippen LogP contribution in [0.2, 0.25) is 0 Å². The number of anilines is 1. The summed E-state index contributed by atoms with van der Waals surface area (Å²) in [7, 11) is 0. The smallest absolute Gasteiger partial charge is 0.273 e. The Morgan fingerprint density at radius 2 is 1.59 bits per heavy atom. The van der Waals surface area contributed by atoms with Gasteiger partial charge in [-0.3, -0.25) is 9.59 Å². The lowest BCUT2D eigenvalue weighted by Gasteiger charge is -2.10. The van der Waals surface area contributed by atoms with Crippen molar-refractivity contribution >= 4 is 46.3 Å². The van der Waals surface area contributed by atoms with E-state index in [0.29, 0.717) is 16.8 Å². The topological polar surface area (TPSA) is 70.6 Å². The number of carbonyl (C=O) groups excluding carboxylic acids is 2. The molecular formula is C21H16IN3O2. The van der Waals surface area contributed by atoms with E-state index in [1.807, 2.05) is 30.3 Å². The van der Waals surface area contributed by atoms with Gasteiger partial charge in [0.2, 0.25) is 0 Å². The van der Waals surface area contributed by atoms with E-state index in [2.05, 4.69) is 38.4 Å². The van der Waals surface area contributed by atoms with Crippen LogP contribution in [0.25, 0.3) is 0 Å². The summed E-state index contributed by atoms with van der Waals surface area (Å²) < 4.78 is 1.08. The standard InChI is InChI=1S/C21H16IN3O2/c22-17-10-6-7-15(13-17)14-23-25-21(27)18-11-4-5-12-19(18)24-20(26)16-8-2-1-3-9-16/h1-14H,(H,24,26)(H,25,27)/b23-14+. The van der Waals surface area contributed by atoms with Crippen molar-refractivity contribution in [3.8, 4) is 0 Å². The van der Waals surface area contributed by atoms with Crippen molar-refractivity contribution in [3.05, 3.63) is 99.1 Å². The van der Waals surface area contributed by atoms with Crippen molar-refractivity contribution in [1.82, 2.24) is 5.43 Å². The number of hydrogen-bond acceptors (Lipinski definition) is 3. The summed E-state index contributed by atoms with van der Waals surface area (Å²) >= 11 is 2.21. The molecule has 0 aliphatic heterocycles. The lowest BCUT2D eigenvalue weighted by atomic mass is 10.1. The van der Waals surface area contributed by atoms with Gasteiger partial charge in [0, 0.05) is 9.13 Å². The van der Waals surface area contributed by atoms with Crippen molar-refractivity contribution < 1.29 is 9.59 Å². The van der Waals surface area contributed by atoms with Crippen molar-refractivity contribution in [2.75, 3.05) is 5.32 Å². The largest absolute Gasteiger partial charge is 0.321 e. The summed E-state index contributed by atoms with van der Waals surface area (Å²) in [4.78, 5) is 24.8. The first kappa shape index (κ1) is 18.8. The van der Waals surface area contributed by atoms with Crippen LogP contribution >= 0.6 is 22.6 Å². The number of rotatable bonds is 5. The Hall–Kier alpha value is -3.00. The molecule has 3 rings (SSSR count). The monoisotopic (exact) mass is 469 g/mol. The minimum Gasteiger partial charge on any atom is -0.321 e. The quantitative estimate of drug-likeness (QED) is 0.332. The Bertz CT molecular complexity index is 987. The molecular weight excluding hydrogens is 453 g/mol. The Balaban J connectivity index is 1.71. The molecule has 2 amide bonds. The maximum atomic E-state index is 12.5. The second-order valence-electron chi connectivity index (χ2n) is 5.62. The number of amides is 2. The molecule has 0 atom stereocenters. The highest BCUT2D eigenvalue weighted by molar-refractivity contribution is 14.1. The number of carbonyl (C=O) groups is 2. The van der Waals surface area contributed by atoms with Crippen LogP contribution in [0.1, 0.15) is 26.3 Å². The van der Waals surface area contributed by atoms with Crippen molar-refractivity contribution in [2.24, 2.45) is 5.10 Å². The molecule has 0 unspecified atom stereocenters. The number of halogens is 1. The lowest BCUT2D eigenvalue weighted by molar-refractivity contribution is 0.0956. The highest BCUT2D eigenvalue weighted by Crippen LogP contribution is 2.16. The number of hydrogen-bond donors (Lipinski definition) is 2. The zero-order valence-electron chi connectivity index (χ0n) is 14.2. The number of benzene rings is 3. The summed E-state index contributed by atoms with van der Waals surface area (Å²) in [6, 6.07) is 23.4. The van der Waals surface area contributed by atoms with E-state index in [9.17, 15) is 9.59 Å². The molecule has 0 heterocycles. The fraction of sp³-hybridized carbons (Fsp3) is 0. The van der Waals surface area contributed by atoms with E-state index < -0.39 is 5.91 Å². The van der Waals surface area contributed by atoms with Gasteiger partial charge in [-0.25, -0.2) is 5.43 Å². The van der Waals surface area contributed by atoms with E-state index in [0.717, 1.165) is 9.13 Å². The molecule has 5 nitrogen and oxygen atoms in total. The third-order valence-electron chi connectivity index (χ3n) is 3.68. The zero-order chi connectivity index (χ0) is 19.1. The molecule has 0 radical (unpaired) electrons. The van der Waals surface area contributed by atoms with Crippen LogP contribution in [0, 0.1) is 3.57 Å². The second-order valence-corrected chi connectivity index (χ2v) is 6.87. The molecule has 134 valence electrons. The van der Waals surface area contributed by atoms with Crippen LogP contribution in [-0.2, 0) is 0 Å². The number of nitrogens with one attached hydrogen (secondary N) is 2. The molecule has 3 aromatic rings. The van der Waals surface area contributed by atoms with Gasteiger partial charge in [-0.2, -0.15) is 5.10 Å². The minimum absolute atomic E-state index is 0.279. The molecule has 3 aromatic carbocycles. The molecule has 2 N–H and O–H groups in total. The van der Waals surface area contributed by atoms with Crippen LogP contribution in [0.4, 0.5) is 5.69 Å². The lowest BCUT2D eigenvalue weighted by Crippen LogP contribution is -2.21. The second kappa shape index (κ2) is 9.09. The number of nitrogens with zero attached hydrogens (tertiary/aromatic N) is 1. The Morgan fingerprint density at radius 3 is 2.37 bits per heavy atom. The fourth-order valence-corrected chi connectivity index (χ4v) is 2.95. The van der Waals surface area contributed by atoms with Crippen molar-refractivity contribution in [1.29, 1.82) is 0 Å². The molecule has 0 fully saturated rings. The first-order valence-corrected chi connectivity index (χ1v) is 9.26. The fourth-order valence-electron chi connectivity index (χ4n) is 2.39. The molecule has 0 aliphatic carbocycles. The maximum absolute atomic E-state index is 12.5. The van der Waals surface area contributed by atoms with Gasteiger partial charge in [-0.15, -0.1) is 0 Å². The van der Waals surface area contributed by atoms with Gasteiger partial charge in [-0.05, 0) is 64.6 Å². The Morgan fingerprint density at radius 1 is 0.852 bits per heavy atom. The molecule has 6 heteroatoms. The summed E-state index contributed by atoms with van der Waals surface area (Å²) in [6.45, 7) is 0. The molecule has 27 heavy (non-hydrogen) atoms. The van der Waals surface area contributed by atoms with Crippen molar-refractivity contribution in [2.45, 2.75) is 0 Å². The van der Waals surface area contributed by atoms with Crippen molar-refractivity contribution in [3.63, 3.8) is 0 Å². The zero-order valence-corrected chi connectivity index (χ0v) is 16.4. The van der Waals surface area contributed by atoms with E-state index in [1.54, 1.807) is 54.7 Å². The molecule has 0 saturated carbocycles. The van der Waals surface area contributed by atoms with E-state index in [1.165, 1.54) is 0 Å². The van der Waals surface area contributed by atoms with E-state index >= 15 is 0 Å². The molecule has 0 aromatic heterocycles. The highest BCUT2D eigenvalue weighted by Gasteiger charge is 2.13. The summed E-state index contributed by atoms with van der Waals surface area (Å²) in [5.74, 6) is -0.681. The first-order valence-electron chi connectivity index (χ1n) is 8.18. The molecule has 0 saturated heterocycles. The number of hydrazone groups is 1. The summed E-state index contributed by atoms with van der Waals surface area (Å²) in [5, 5.41) is 6.77. The van der Waals surface area contributed by atoms with Gasteiger partial charge in [0.05, 0.1) is 17.5 Å². The van der Waals surface area contributed by atoms with Crippen LogP contribution in [-0.4, -0.2) is 18.0 Å². The Kier molecular flexibility index (Phi) is 6.32. The summed E-state index contributed by atoms with van der Waals surface area (Å²) in [5.41, 5.74) is 4.66. The third kappa shape index (κ3) is 5.24. The van der Waals surface area contributed by atoms with Gasteiger partial charge in [-0.1, -0.05) is 42.5 Å². The number of para-hydroxylation sites is 1. The maximum Gasteiger partial charge on any atom is 0.273 e. The van der Waals surface area contributed by atoms with E-state index in [-0.39, 0.29) is 5.91 Å². The van der Waals surface area contributed by atoms with Crippen LogP contribution in [0.3, 0.4) is 0 Å². The normalized spacial score (nSPS) is 10.6. The average Bonchev–Trinajstić information content (AvgIpc) is 2.69. The average molecular weight is 469 g/mol. The summed E-state index contributed by atoms with van der Waals surface area (Å²) in [6.07, 6.45) is 1.57. The van der Waals surface area contributed by atoms with Crippen LogP contribution in [0.15, 0.2) is 84.0 Å². The van der Waals surface area contributed by atoms with E-state index in [4.69, 9.17) is 0 Å². The molecule has 0 spiro atoms. The SMILES string of the molecule is O=C(Nc1ccccc1C(=O)N/N=C/c1cccc(I)c1)c1ccccc1. The van der Waals surface area contributed by atoms with Gasteiger partial charge in [0.1, 0.15) is 0 Å². The van der Waals surface area contributed by atoms with Gasteiger partial charge < -0.3 is 5.32 Å². The van der Waals surface area contributed by atoms with Crippen LogP contribution in [0.5, 0.6) is 0 Å². The Labute approximate surface area is 170 Å². The molecule has 0 aliphatic rings. The molecule has 0 bridgehead atoms. The first-order chi connectivity index (χ1) is 13.1. The predicted molar refractivity (Wildman–Crippen MR) is 115 cm³/mol. The van der Waals surface area contributed by atoms with Gasteiger partial charge in [0.15, 0.2) is 0 Å². The predicted octanol–water partition coefficient (Wildman–Crippen LogP) is 4.31. The highest BCUT2D eigenvalue weighted by atomic mass is 127. The van der Waals surface area contributed by atoms with Gasteiger partial charge in [0.25, 0.3) is 11.8 Å². The van der Waals surface area contributed by atoms with Gasteiger partial charge >= 0.3 is 0 Å². The third-order valence-corrected chi connectivity index (χ3v) is 4.36.